The molecule has 0 saturated carbocycles. The molecule has 1 fully saturated rings. The van der Waals surface area contributed by atoms with E-state index in [-0.39, 0.29) is 35.7 Å². The zero-order chi connectivity index (χ0) is 28.1. The van der Waals surface area contributed by atoms with Crippen molar-refractivity contribution in [1.29, 1.82) is 0 Å². The van der Waals surface area contributed by atoms with Gasteiger partial charge in [-0.1, -0.05) is 47.3 Å². The number of aromatic nitrogens is 4. The minimum Gasteiger partial charge on any atom is -0.369 e. The molecule has 1 atom stereocenters. The summed E-state index contributed by atoms with van der Waals surface area (Å²) < 4.78 is 44.6. The number of nitrogens with one attached hydrogen (secondary N) is 3. The van der Waals surface area contributed by atoms with Gasteiger partial charge in [0.2, 0.25) is 0 Å². The molecule has 2 aromatic carbocycles. The summed E-state index contributed by atoms with van der Waals surface area (Å²) in [5.41, 5.74) is 1.00. The predicted molar refractivity (Wildman–Crippen MR) is 151 cm³/mol. The van der Waals surface area contributed by atoms with Crippen molar-refractivity contribution in [3.63, 3.8) is 0 Å². The Kier molecular flexibility index (Phi) is 8.15. The minimum absolute atomic E-state index is 0.00387. The van der Waals surface area contributed by atoms with Gasteiger partial charge in [0.25, 0.3) is 5.91 Å². The number of nitrogens with zero attached hydrogens (tertiary/aromatic N) is 4. The van der Waals surface area contributed by atoms with E-state index in [4.69, 9.17) is 0 Å². The van der Waals surface area contributed by atoms with Gasteiger partial charge in [0, 0.05) is 24.8 Å². The van der Waals surface area contributed by atoms with Crippen molar-refractivity contribution in [2.45, 2.75) is 19.0 Å². The smallest absolute Gasteiger partial charge is 0.369 e. The van der Waals surface area contributed by atoms with Crippen molar-refractivity contribution in [3.8, 4) is 11.4 Å². The average Bonchev–Trinajstić information content (AvgIpc) is 3.45. The number of anilines is 2. The molecule has 12 heteroatoms. The van der Waals surface area contributed by atoms with E-state index in [1.165, 1.54) is 24.7 Å². The van der Waals surface area contributed by atoms with Crippen LogP contribution in [0.1, 0.15) is 28.9 Å². The van der Waals surface area contributed by atoms with Crippen LogP contribution in [0.25, 0.3) is 11.4 Å². The number of carbonyl (C=O) groups excluding carboxylic acids is 1. The van der Waals surface area contributed by atoms with E-state index in [2.05, 4.69) is 30.8 Å². The van der Waals surface area contributed by atoms with Gasteiger partial charge in [-0.3, -0.25) is 4.79 Å². The number of aromatic amines is 1. The van der Waals surface area contributed by atoms with Crippen molar-refractivity contribution in [3.05, 3.63) is 78.4 Å². The molecule has 5 rings (SSSR count). The van der Waals surface area contributed by atoms with Gasteiger partial charge in [-0.25, -0.2) is 4.98 Å². The molecular weight excluding hydrogens is 518 g/mol. The molecule has 0 radical (unpaired) electrons. The molecule has 1 aliphatic heterocycles. The molecule has 4 aromatic rings. The van der Waals surface area contributed by atoms with Crippen molar-refractivity contribution >= 4 is 35.5 Å². The maximum atomic E-state index is 14.9. The van der Waals surface area contributed by atoms with Gasteiger partial charge in [-0.05, 0) is 44.5 Å². The lowest BCUT2D eigenvalue weighted by atomic mass is 9.62. The molecule has 206 valence electrons. The molecule has 1 amide bonds. The first-order chi connectivity index (χ1) is 19.3. The van der Waals surface area contributed by atoms with E-state index in [1.807, 2.05) is 37.4 Å². The molecule has 8 nitrogen and oxygen atoms in total. The monoisotopic (exact) mass is 547 g/mol. The summed E-state index contributed by atoms with van der Waals surface area (Å²) in [6, 6.07) is 13.8. The first kappa shape index (κ1) is 27.4. The van der Waals surface area contributed by atoms with Crippen LogP contribution in [0.4, 0.5) is 24.5 Å². The zero-order valence-corrected chi connectivity index (χ0v) is 22.0. The van der Waals surface area contributed by atoms with E-state index in [0.29, 0.717) is 31.0 Å². The minimum atomic E-state index is -4.63. The number of hydrogen-bond donors (Lipinski definition) is 3. The number of alkyl halides is 3. The van der Waals surface area contributed by atoms with Crippen LogP contribution >= 0.6 is 0 Å². The third-order valence-corrected chi connectivity index (χ3v) is 7.03. The Morgan fingerprint density at radius 3 is 2.70 bits per heavy atom. The van der Waals surface area contributed by atoms with Crippen molar-refractivity contribution in [2.75, 3.05) is 36.9 Å². The van der Waals surface area contributed by atoms with Gasteiger partial charge in [0.05, 0.1) is 29.3 Å². The Labute approximate surface area is 230 Å². The topological polar surface area (TPSA) is 98.8 Å². The van der Waals surface area contributed by atoms with Gasteiger partial charge in [-0.15, -0.1) is 0 Å². The maximum Gasteiger partial charge on any atom is 0.417 e. The largest absolute Gasteiger partial charge is 0.417 e. The molecule has 0 spiro atoms. The Balaban J connectivity index is 1.54. The quantitative estimate of drug-likeness (QED) is 0.294. The number of halogens is 3. The number of H-pyrrole nitrogens is 1. The molecule has 0 aliphatic carbocycles. The number of rotatable bonds is 8. The highest BCUT2D eigenvalue weighted by atomic mass is 19.4. The van der Waals surface area contributed by atoms with E-state index in [0.717, 1.165) is 18.3 Å². The summed E-state index contributed by atoms with van der Waals surface area (Å²) in [5.74, 6) is -0.0251. The second-order valence-electron chi connectivity index (χ2n) is 9.89. The number of amides is 1. The molecule has 1 aliphatic rings. The maximum absolute atomic E-state index is 14.9. The lowest BCUT2D eigenvalue weighted by Gasteiger charge is -2.37. The molecular formula is C28H29BF3N7O. The fourth-order valence-electron chi connectivity index (χ4n) is 5.27. The number of imidazole rings is 1. The fraction of sp³-hybridized carbons (Fsp3) is 0.286. The highest BCUT2D eigenvalue weighted by Crippen LogP contribution is 2.41. The summed E-state index contributed by atoms with van der Waals surface area (Å²) in [7, 11) is 1.96. The average molecular weight is 547 g/mol. The lowest BCUT2D eigenvalue weighted by Crippen LogP contribution is -2.42. The van der Waals surface area contributed by atoms with Crippen LogP contribution in [0.3, 0.4) is 0 Å². The van der Waals surface area contributed by atoms with Crippen LogP contribution < -0.4 is 26.5 Å². The number of hydrogen-bond acceptors (Lipinski definition) is 6. The third kappa shape index (κ3) is 6.17. The molecule has 0 bridgehead atoms. The van der Waals surface area contributed by atoms with Gasteiger partial charge in [0.15, 0.2) is 7.28 Å². The second kappa shape index (κ2) is 11.9. The number of carbonyl (C=O) groups is 1. The first-order valence-electron chi connectivity index (χ1n) is 13.1. The Hall–Kier alpha value is -4.19. The van der Waals surface area contributed by atoms with Crippen LogP contribution in [-0.2, 0) is 6.18 Å². The van der Waals surface area contributed by atoms with Crippen LogP contribution in [0.2, 0.25) is 0 Å². The van der Waals surface area contributed by atoms with Crippen molar-refractivity contribution in [1.82, 2.24) is 25.5 Å². The summed E-state index contributed by atoms with van der Waals surface area (Å²) >= 11 is 0. The standard InChI is InChI=1S/C28H29BF3N7O/c1-33-14-18-6-5-13-39(17-18)25-22(38-27(40)23-16-34-26(37-23)19-11-12-35-36-15-19)10-9-21(24(25)28(30,31)32)29-20-7-3-2-4-8-20/h2-4,7-12,15-16,18,29,33H,5-6,13-14,17H2,1H3,(H,34,37)(H,38,40). The van der Waals surface area contributed by atoms with E-state index in [1.54, 1.807) is 17.0 Å². The highest BCUT2D eigenvalue weighted by molar-refractivity contribution is 6.68. The SMILES string of the molecule is CNCC1CCCN(c2c(NC(=O)c3c[nH]c(-c4ccnnc4)n3)ccc(Bc3ccccc3)c2C(F)(F)F)C1. The summed E-state index contributed by atoms with van der Waals surface area (Å²) in [5, 5.41) is 13.4. The van der Waals surface area contributed by atoms with Gasteiger partial charge in [-0.2, -0.15) is 23.4 Å². The van der Waals surface area contributed by atoms with Crippen LogP contribution in [0, 0.1) is 5.92 Å². The van der Waals surface area contributed by atoms with E-state index in [9.17, 15) is 18.0 Å². The van der Waals surface area contributed by atoms with Crippen molar-refractivity contribution < 1.29 is 18.0 Å². The Morgan fingerprint density at radius 1 is 1.15 bits per heavy atom. The predicted octanol–water partition coefficient (Wildman–Crippen LogP) is 2.96. The van der Waals surface area contributed by atoms with Gasteiger partial charge < -0.3 is 20.5 Å². The number of benzene rings is 2. The Bertz CT molecular complexity index is 1450. The summed E-state index contributed by atoms with van der Waals surface area (Å²) in [6.07, 6.45) is 1.46. The molecule has 3 N–H and O–H groups in total. The molecule has 3 heterocycles. The highest BCUT2D eigenvalue weighted by Gasteiger charge is 2.40. The van der Waals surface area contributed by atoms with Crippen LogP contribution in [0.15, 0.2) is 67.1 Å². The Morgan fingerprint density at radius 2 is 1.98 bits per heavy atom. The van der Waals surface area contributed by atoms with Gasteiger partial charge >= 0.3 is 6.18 Å². The zero-order valence-electron chi connectivity index (χ0n) is 22.0. The van der Waals surface area contributed by atoms with E-state index < -0.39 is 17.6 Å². The summed E-state index contributed by atoms with van der Waals surface area (Å²) in [4.78, 5) is 22.3. The first-order valence-corrected chi connectivity index (χ1v) is 13.1. The molecule has 40 heavy (non-hydrogen) atoms. The number of piperidine rings is 1. The van der Waals surface area contributed by atoms with Gasteiger partial charge in [0.1, 0.15) is 11.5 Å². The van der Waals surface area contributed by atoms with E-state index >= 15 is 0 Å². The second-order valence-corrected chi connectivity index (χ2v) is 9.89. The van der Waals surface area contributed by atoms with Crippen molar-refractivity contribution in [2.24, 2.45) is 5.92 Å². The molecule has 2 aromatic heterocycles. The normalized spacial score (nSPS) is 15.6. The molecule has 1 unspecified atom stereocenters. The fourth-order valence-corrected chi connectivity index (χ4v) is 5.27. The third-order valence-electron chi connectivity index (χ3n) is 7.03. The summed E-state index contributed by atoms with van der Waals surface area (Å²) in [6.45, 7) is 1.61. The van der Waals surface area contributed by atoms with Crippen LogP contribution in [-0.4, -0.2) is 60.0 Å². The molecule has 1 saturated heterocycles. The lowest BCUT2D eigenvalue weighted by molar-refractivity contribution is -0.136. The van der Waals surface area contributed by atoms with Crippen LogP contribution in [0.5, 0.6) is 0 Å².